The molecule has 1 heterocycles. The molecule has 1 amide bonds. The van der Waals surface area contributed by atoms with Crippen molar-refractivity contribution in [3.8, 4) is 0 Å². The molecule has 1 aliphatic heterocycles. The van der Waals surface area contributed by atoms with Gasteiger partial charge in [-0.25, -0.2) is 0 Å². The van der Waals surface area contributed by atoms with Crippen LogP contribution in [0.1, 0.15) is 58.8 Å². The number of carbonyl (C=O) groups is 1. The summed E-state index contributed by atoms with van der Waals surface area (Å²) >= 11 is 0. The zero-order valence-electron chi connectivity index (χ0n) is 13.0. The largest absolute Gasteiger partial charge is 0.394 e. The number of aliphatic hydroxyl groups is 1. The van der Waals surface area contributed by atoms with Gasteiger partial charge in [-0.15, -0.1) is 0 Å². The standard InChI is InChI=1S/C16H30N2O2/c1-3-6-15(9-10-17-11-15)14(20)18-16(12-19)7-4-13(2)5-8-16/h13,17,19H,3-12H2,1-2H3,(H,18,20). The van der Waals surface area contributed by atoms with Crippen molar-refractivity contribution in [1.82, 2.24) is 10.6 Å². The zero-order valence-corrected chi connectivity index (χ0v) is 13.0. The Morgan fingerprint density at radius 2 is 2.05 bits per heavy atom. The summed E-state index contributed by atoms with van der Waals surface area (Å²) in [6, 6.07) is 0. The van der Waals surface area contributed by atoms with Gasteiger partial charge in [-0.05, 0) is 51.0 Å². The van der Waals surface area contributed by atoms with Gasteiger partial charge in [-0.2, -0.15) is 0 Å². The first-order valence-corrected chi connectivity index (χ1v) is 8.20. The van der Waals surface area contributed by atoms with E-state index in [0.717, 1.165) is 58.0 Å². The second-order valence-electron chi connectivity index (χ2n) is 7.03. The van der Waals surface area contributed by atoms with Gasteiger partial charge < -0.3 is 15.7 Å². The van der Waals surface area contributed by atoms with E-state index in [-0.39, 0.29) is 23.5 Å². The number of rotatable bonds is 5. The lowest BCUT2D eigenvalue weighted by molar-refractivity contribution is -0.134. The normalized spacial score (nSPS) is 37.9. The second kappa shape index (κ2) is 6.44. The van der Waals surface area contributed by atoms with Gasteiger partial charge in [0.05, 0.1) is 17.6 Å². The Labute approximate surface area is 122 Å². The van der Waals surface area contributed by atoms with Crippen molar-refractivity contribution in [2.45, 2.75) is 64.3 Å². The highest BCUT2D eigenvalue weighted by atomic mass is 16.3. The average molecular weight is 282 g/mol. The molecule has 116 valence electrons. The minimum absolute atomic E-state index is 0.0705. The average Bonchev–Trinajstić information content (AvgIpc) is 2.92. The highest BCUT2D eigenvalue weighted by molar-refractivity contribution is 5.84. The third-order valence-corrected chi connectivity index (χ3v) is 5.37. The smallest absolute Gasteiger partial charge is 0.228 e. The molecule has 2 rings (SSSR count). The van der Waals surface area contributed by atoms with Crippen molar-refractivity contribution in [2.24, 2.45) is 11.3 Å². The monoisotopic (exact) mass is 282 g/mol. The van der Waals surface area contributed by atoms with Crippen LogP contribution in [0.5, 0.6) is 0 Å². The number of amides is 1. The van der Waals surface area contributed by atoms with E-state index in [0.29, 0.717) is 5.92 Å². The summed E-state index contributed by atoms with van der Waals surface area (Å²) in [5, 5.41) is 16.4. The molecule has 0 aromatic carbocycles. The first-order chi connectivity index (χ1) is 9.56. The van der Waals surface area contributed by atoms with E-state index in [1.807, 2.05) is 0 Å². The lowest BCUT2D eigenvalue weighted by atomic mass is 9.75. The Hall–Kier alpha value is -0.610. The number of nitrogens with one attached hydrogen (secondary N) is 2. The Morgan fingerprint density at radius 1 is 1.35 bits per heavy atom. The molecule has 2 fully saturated rings. The van der Waals surface area contributed by atoms with E-state index >= 15 is 0 Å². The molecule has 4 nitrogen and oxygen atoms in total. The Balaban J connectivity index is 2.04. The van der Waals surface area contributed by atoms with Crippen LogP contribution in [0, 0.1) is 11.3 Å². The summed E-state index contributed by atoms with van der Waals surface area (Å²) < 4.78 is 0. The molecule has 0 aromatic rings. The molecule has 4 heteroatoms. The maximum absolute atomic E-state index is 12.8. The number of carbonyl (C=O) groups excluding carboxylic acids is 1. The van der Waals surface area contributed by atoms with Crippen molar-refractivity contribution in [3.63, 3.8) is 0 Å². The summed E-state index contributed by atoms with van der Waals surface area (Å²) in [5.41, 5.74) is -0.618. The molecule has 1 saturated carbocycles. The summed E-state index contributed by atoms with van der Waals surface area (Å²) in [4.78, 5) is 12.8. The van der Waals surface area contributed by atoms with E-state index < -0.39 is 0 Å². The van der Waals surface area contributed by atoms with Crippen LogP contribution in [-0.4, -0.2) is 36.2 Å². The summed E-state index contributed by atoms with van der Waals surface area (Å²) in [6.45, 7) is 6.17. The molecule has 1 saturated heterocycles. The molecule has 0 aromatic heterocycles. The fraction of sp³-hybridized carbons (Fsp3) is 0.938. The van der Waals surface area contributed by atoms with Gasteiger partial charge in [0.2, 0.25) is 5.91 Å². The van der Waals surface area contributed by atoms with Gasteiger partial charge in [0.15, 0.2) is 0 Å². The van der Waals surface area contributed by atoms with Gasteiger partial charge in [-0.3, -0.25) is 4.79 Å². The van der Waals surface area contributed by atoms with E-state index in [1.54, 1.807) is 0 Å². The van der Waals surface area contributed by atoms with E-state index in [9.17, 15) is 9.90 Å². The number of aliphatic hydroxyl groups excluding tert-OH is 1. The lowest BCUT2D eigenvalue weighted by Crippen LogP contribution is -2.57. The number of hydrogen-bond donors (Lipinski definition) is 3. The van der Waals surface area contributed by atoms with Crippen molar-refractivity contribution in [3.05, 3.63) is 0 Å². The van der Waals surface area contributed by atoms with Crippen LogP contribution in [0.2, 0.25) is 0 Å². The van der Waals surface area contributed by atoms with Gasteiger partial charge in [0.1, 0.15) is 0 Å². The van der Waals surface area contributed by atoms with Crippen LogP contribution in [0.4, 0.5) is 0 Å². The summed E-state index contributed by atoms with van der Waals surface area (Å²) in [6.07, 6.45) is 6.89. The van der Waals surface area contributed by atoms with Crippen molar-refractivity contribution < 1.29 is 9.90 Å². The second-order valence-corrected chi connectivity index (χ2v) is 7.03. The van der Waals surface area contributed by atoms with Crippen LogP contribution in [-0.2, 0) is 4.79 Å². The third-order valence-electron chi connectivity index (χ3n) is 5.37. The lowest BCUT2D eigenvalue weighted by Gasteiger charge is -2.41. The number of hydrogen-bond acceptors (Lipinski definition) is 3. The molecule has 0 spiro atoms. The maximum atomic E-state index is 12.8. The molecule has 2 aliphatic rings. The molecule has 20 heavy (non-hydrogen) atoms. The highest BCUT2D eigenvalue weighted by Crippen LogP contribution is 2.36. The maximum Gasteiger partial charge on any atom is 0.228 e. The van der Waals surface area contributed by atoms with Gasteiger partial charge in [0.25, 0.3) is 0 Å². The molecule has 3 N–H and O–H groups in total. The van der Waals surface area contributed by atoms with E-state index in [1.165, 1.54) is 0 Å². The SMILES string of the molecule is CCCC1(C(=O)NC2(CO)CCC(C)CC2)CCNC1. The molecule has 1 aliphatic carbocycles. The Morgan fingerprint density at radius 3 is 2.55 bits per heavy atom. The van der Waals surface area contributed by atoms with Crippen molar-refractivity contribution >= 4 is 5.91 Å². The van der Waals surface area contributed by atoms with Crippen molar-refractivity contribution in [2.75, 3.05) is 19.7 Å². The minimum Gasteiger partial charge on any atom is -0.394 e. The van der Waals surface area contributed by atoms with Crippen LogP contribution in [0.3, 0.4) is 0 Å². The quantitative estimate of drug-likeness (QED) is 0.721. The predicted octanol–water partition coefficient (Wildman–Crippen LogP) is 1.82. The summed E-state index contributed by atoms with van der Waals surface area (Å²) in [5.74, 6) is 0.872. The predicted molar refractivity (Wildman–Crippen MR) is 80.4 cm³/mol. The van der Waals surface area contributed by atoms with E-state index in [4.69, 9.17) is 0 Å². The molecule has 1 atom stereocenters. The molecule has 0 radical (unpaired) electrons. The summed E-state index contributed by atoms with van der Waals surface area (Å²) in [7, 11) is 0. The zero-order chi connectivity index (χ0) is 14.6. The van der Waals surface area contributed by atoms with E-state index in [2.05, 4.69) is 24.5 Å². The van der Waals surface area contributed by atoms with Crippen LogP contribution in [0.15, 0.2) is 0 Å². The molecule has 1 unspecified atom stereocenters. The van der Waals surface area contributed by atoms with Crippen LogP contribution in [0.25, 0.3) is 0 Å². The fourth-order valence-corrected chi connectivity index (χ4v) is 3.75. The van der Waals surface area contributed by atoms with Gasteiger partial charge in [-0.1, -0.05) is 20.3 Å². The van der Waals surface area contributed by atoms with Crippen LogP contribution < -0.4 is 10.6 Å². The highest BCUT2D eigenvalue weighted by Gasteiger charge is 2.44. The Kier molecular flexibility index (Phi) is 5.08. The van der Waals surface area contributed by atoms with Crippen molar-refractivity contribution in [1.29, 1.82) is 0 Å². The van der Waals surface area contributed by atoms with Gasteiger partial charge in [0, 0.05) is 6.54 Å². The first-order valence-electron chi connectivity index (χ1n) is 8.20. The topological polar surface area (TPSA) is 61.4 Å². The fourth-order valence-electron chi connectivity index (χ4n) is 3.75. The van der Waals surface area contributed by atoms with Gasteiger partial charge >= 0.3 is 0 Å². The molecular formula is C16H30N2O2. The minimum atomic E-state index is -0.368. The molecular weight excluding hydrogens is 252 g/mol. The van der Waals surface area contributed by atoms with Crippen LogP contribution >= 0.6 is 0 Å². The first kappa shape index (κ1) is 15.8. The Bertz CT molecular complexity index is 329. The molecule has 0 bridgehead atoms. The third kappa shape index (κ3) is 3.17.